The summed E-state index contributed by atoms with van der Waals surface area (Å²) in [7, 11) is -3.30. The molecule has 0 heterocycles. The number of nitrogens with one attached hydrogen (secondary N) is 1. The Balaban J connectivity index is 2.69. The molecule has 0 saturated heterocycles. The molecule has 1 amide bonds. The molecule has 0 aliphatic heterocycles. The van der Waals surface area contributed by atoms with Crippen LogP contribution in [-0.4, -0.2) is 38.8 Å². The second-order valence-corrected chi connectivity index (χ2v) is 6.00. The van der Waals surface area contributed by atoms with Gasteiger partial charge in [-0.15, -0.1) is 0 Å². The molecule has 0 bridgehead atoms. The number of hydrogen-bond acceptors (Lipinski definition) is 4. The van der Waals surface area contributed by atoms with Crippen LogP contribution < -0.4 is 5.32 Å². The summed E-state index contributed by atoms with van der Waals surface area (Å²) >= 11 is 0. The highest BCUT2D eigenvalue weighted by Crippen LogP contribution is 2.11. The minimum atomic E-state index is -3.30. The van der Waals surface area contributed by atoms with Crippen molar-refractivity contribution in [2.75, 3.05) is 19.4 Å². The van der Waals surface area contributed by atoms with Crippen molar-refractivity contribution in [2.24, 2.45) is 0 Å². The Morgan fingerprint density at radius 1 is 1.33 bits per heavy atom. The van der Waals surface area contributed by atoms with Crippen LogP contribution in [-0.2, 0) is 9.84 Å². The number of rotatable bonds is 6. The monoisotopic (exact) mass is 271 g/mol. The number of carbonyl (C=O) groups excluding carboxylic acids is 1. The Morgan fingerprint density at radius 3 is 2.67 bits per heavy atom. The van der Waals surface area contributed by atoms with Gasteiger partial charge in [0.2, 0.25) is 0 Å². The van der Waals surface area contributed by atoms with Crippen LogP contribution in [0, 0.1) is 0 Å². The molecule has 0 unspecified atom stereocenters. The van der Waals surface area contributed by atoms with E-state index in [1.165, 1.54) is 12.1 Å². The molecule has 1 aromatic rings. The average Bonchev–Trinajstić information content (AvgIpc) is 2.33. The number of unbranched alkanes of at least 4 members (excludes halogenated alkanes) is 1. The molecule has 1 rings (SSSR count). The van der Waals surface area contributed by atoms with E-state index in [1.807, 2.05) is 0 Å². The van der Waals surface area contributed by atoms with E-state index >= 15 is 0 Å². The molecule has 5 nitrogen and oxygen atoms in total. The van der Waals surface area contributed by atoms with Crippen LogP contribution in [0.25, 0.3) is 0 Å². The fraction of sp³-hybridized carbons (Fsp3) is 0.417. The quantitative estimate of drug-likeness (QED) is 0.742. The van der Waals surface area contributed by atoms with E-state index in [9.17, 15) is 13.2 Å². The number of hydrogen-bond donors (Lipinski definition) is 2. The van der Waals surface area contributed by atoms with Crippen molar-refractivity contribution in [3.63, 3.8) is 0 Å². The summed E-state index contributed by atoms with van der Waals surface area (Å²) < 4.78 is 22.7. The Bertz CT molecular complexity index is 511. The number of sulfone groups is 1. The minimum Gasteiger partial charge on any atom is -0.396 e. The first-order chi connectivity index (χ1) is 8.45. The molecule has 0 aliphatic carbocycles. The van der Waals surface area contributed by atoms with Gasteiger partial charge in [-0.2, -0.15) is 0 Å². The Morgan fingerprint density at radius 2 is 2.06 bits per heavy atom. The minimum absolute atomic E-state index is 0.0967. The van der Waals surface area contributed by atoms with Crippen LogP contribution in [0.4, 0.5) is 0 Å². The Labute approximate surface area is 107 Å². The van der Waals surface area contributed by atoms with Gasteiger partial charge in [0.1, 0.15) is 0 Å². The first-order valence-electron chi connectivity index (χ1n) is 5.64. The maximum atomic E-state index is 11.7. The third-order valence-corrected chi connectivity index (χ3v) is 3.51. The Hall–Kier alpha value is -1.40. The van der Waals surface area contributed by atoms with E-state index in [0.717, 1.165) is 6.26 Å². The van der Waals surface area contributed by atoms with Gasteiger partial charge in [0.25, 0.3) is 5.91 Å². The first-order valence-corrected chi connectivity index (χ1v) is 7.53. The largest absolute Gasteiger partial charge is 0.396 e. The normalized spacial score (nSPS) is 11.2. The van der Waals surface area contributed by atoms with Crippen LogP contribution in [0.2, 0.25) is 0 Å². The molecule has 2 N–H and O–H groups in total. The van der Waals surface area contributed by atoms with Crippen LogP contribution in [0.1, 0.15) is 23.2 Å². The van der Waals surface area contributed by atoms with Gasteiger partial charge in [-0.3, -0.25) is 4.79 Å². The summed E-state index contributed by atoms with van der Waals surface area (Å²) in [5.41, 5.74) is 0.321. The average molecular weight is 271 g/mol. The highest BCUT2D eigenvalue weighted by Gasteiger charge is 2.10. The van der Waals surface area contributed by atoms with Crippen molar-refractivity contribution >= 4 is 15.7 Å². The molecule has 6 heteroatoms. The molecule has 0 atom stereocenters. The summed E-state index contributed by atoms with van der Waals surface area (Å²) in [4.78, 5) is 11.8. The zero-order chi connectivity index (χ0) is 13.6. The van der Waals surface area contributed by atoms with Crippen molar-refractivity contribution in [3.8, 4) is 0 Å². The molecular weight excluding hydrogens is 254 g/mol. The first kappa shape index (κ1) is 14.7. The van der Waals surface area contributed by atoms with Crippen molar-refractivity contribution in [3.05, 3.63) is 29.8 Å². The SMILES string of the molecule is CS(=O)(=O)c1cccc(C(=O)NCCCCO)c1. The van der Waals surface area contributed by atoms with E-state index in [1.54, 1.807) is 12.1 Å². The topological polar surface area (TPSA) is 83.5 Å². The van der Waals surface area contributed by atoms with Crippen molar-refractivity contribution in [1.29, 1.82) is 0 Å². The highest BCUT2D eigenvalue weighted by molar-refractivity contribution is 7.90. The molecule has 0 aromatic heterocycles. The number of amides is 1. The van der Waals surface area contributed by atoms with Gasteiger partial charge >= 0.3 is 0 Å². The molecule has 100 valence electrons. The summed E-state index contributed by atoms with van der Waals surface area (Å²) in [6.45, 7) is 0.557. The van der Waals surface area contributed by atoms with Crippen molar-refractivity contribution < 1.29 is 18.3 Å². The van der Waals surface area contributed by atoms with Crippen LogP contribution in [0.5, 0.6) is 0 Å². The fourth-order valence-electron chi connectivity index (χ4n) is 1.41. The predicted octanol–water partition coefficient (Wildman–Crippen LogP) is 0.592. The van der Waals surface area contributed by atoms with Gasteiger partial charge in [0, 0.05) is 25.0 Å². The number of aliphatic hydroxyl groups excluding tert-OH is 1. The molecule has 0 fully saturated rings. The smallest absolute Gasteiger partial charge is 0.251 e. The van der Waals surface area contributed by atoms with E-state index in [4.69, 9.17) is 5.11 Å². The van der Waals surface area contributed by atoms with Gasteiger partial charge in [-0.1, -0.05) is 6.07 Å². The maximum absolute atomic E-state index is 11.7. The third-order valence-electron chi connectivity index (χ3n) is 2.39. The third kappa shape index (κ3) is 4.46. The maximum Gasteiger partial charge on any atom is 0.251 e. The molecule has 18 heavy (non-hydrogen) atoms. The van der Waals surface area contributed by atoms with Crippen LogP contribution >= 0.6 is 0 Å². The van der Waals surface area contributed by atoms with Gasteiger partial charge in [0.15, 0.2) is 9.84 Å². The summed E-state index contributed by atoms with van der Waals surface area (Å²) in [5, 5.41) is 11.3. The number of aliphatic hydroxyl groups is 1. The van der Waals surface area contributed by atoms with E-state index in [0.29, 0.717) is 24.9 Å². The number of benzene rings is 1. The molecular formula is C12H17NO4S. The van der Waals surface area contributed by atoms with Crippen molar-refractivity contribution in [2.45, 2.75) is 17.7 Å². The zero-order valence-electron chi connectivity index (χ0n) is 10.2. The van der Waals surface area contributed by atoms with Gasteiger partial charge in [0.05, 0.1) is 4.90 Å². The summed E-state index contributed by atoms with van der Waals surface area (Å²) in [6, 6.07) is 5.92. The van der Waals surface area contributed by atoms with Gasteiger partial charge in [-0.05, 0) is 31.0 Å². The standard InChI is InChI=1S/C12H17NO4S/c1-18(16,17)11-6-4-5-10(9-11)12(15)13-7-2-3-8-14/h4-6,9,14H,2-3,7-8H2,1H3,(H,13,15). The lowest BCUT2D eigenvalue weighted by Crippen LogP contribution is -2.24. The zero-order valence-corrected chi connectivity index (χ0v) is 11.0. The molecule has 1 aromatic carbocycles. The van der Waals surface area contributed by atoms with Gasteiger partial charge < -0.3 is 10.4 Å². The van der Waals surface area contributed by atoms with Crippen LogP contribution in [0.3, 0.4) is 0 Å². The second kappa shape index (κ2) is 6.51. The second-order valence-electron chi connectivity index (χ2n) is 3.99. The van der Waals surface area contributed by atoms with E-state index in [-0.39, 0.29) is 17.4 Å². The summed E-state index contributed by atoms with van der Waals surface area (Å²) in [5.74, 6) is -0.307. The van der Waals surface area contributed by atoms with E-state index in [2.05, 4.69) is 5.32 Å². The molecule has 0 aliphatic rings. The lowest BCUT2D eigenvalue weighted by molar-refractivity contribution is 0.0952. The molecule has 0 spiro atoms. The molecule has 0 radical (unpaired) electrons. The lowest BCUT2D eigenvalue weighted by Gasteiger charge is -2.05. The number of carbonyl (C=O) groups is 1. The fourth-order valence-corrected chi connectivity index (χ4v) is 2.08. The van der Waals surface area contributed by atoms with E-state index < -0.39 is 9.84 Å². The Kier molecular flexibility index (Phi) is 5.30. The van der Waals surface area contributed by atoms with Gasteiger partial charge in [-0.25, -0.2) is 8.42 Å². The van der Waals surface area contributed by atoms with Crippen LogP contribution in [0.15, 0.2) is 29.2 Å². The molecule has 0 saturated carbocycles. The predicted molar refractivity (Wildman–Crippen MR) is 68.2 cm³/mol. The lowest BCUT2D eigenvalue weighted by atomic mass is 10.2. The highest BCUT2D eigenvalue weighted by atomic mass is 32.2. The summed E-state index contributed by atoms with van der Waals surface area (Å²) in [6.07, 6.45) is 2.42. The van der Waals surface area contributed by atoms with Crippen molar-refractivity contribution in [1.82, 2.24) is 5.32 Å².